The molecule has 0 aromatic carbocycles. The lowest BCUT2D eigenvalue weighted by Crippen LogP contribution is -2.01. The molecule has 13 heavy (non-hydrogen) atoms. The van der Waals surface area contributed by atoms with Crippen LogP contribution >= 0.6 is 11.6 Å². The van der Waals surface area contributed by atoms with Gasteiger partial charge in [-0.3, -0.25) is 0 Å². The van der Waals surface area contributed by atoms with Crippen LogP contribution in [-0.4, -0.2) is 9.55 Å². The van der Waals surface area contributed by atoms with Crippen LogP contribution in [-0.2, 0) is 12.4 Å². The van der Waals surface area contributed by atoms with Gasteiger partial charge in [-0.1, -0.05) is 0 Å². The van der Waals surface area contributed by atoms with Gasteiger partial charge >= 0.3 is 0 Å². The van der Waals surface area contributed by atoms with Crippen molar-refractivity contribution in [2.75, 3.05) is 0 Å². The summed E-state index contributed by atoms with van der Waals surface area (Å²) >= 11 is 5.82. The maximum absolute atomic E-state index is 5.82. The molecule has 1 fully saturated rings. The minimum absolute atomic E-state index is 0.540. The van der Waals surface area contributed by atoms with E-state index in [1.807, 2.05) is 0 Å². The van der Waals surface area contributed by atoms with Gasteiger partial charge in [0.1, 0.15) is 5.82 Å². The van der Waals surface area contributed by atoms with Gasteiger partial charge in [0.25, 0.3) is 0 Å². The van der Waals surface area contributed by atoms with E-state index >= 15 is 0 Å². The van der Waals surface area contributed by atoms with Crippen LogP contribution in [0.5, 0.6) is 0 Å². The summed E-state index contributed by atoms with van der Waals surface area (Å²) in [6.07, 6.45) is 2.61. The van der Waals surface area contributed by atoms with Crippen molar-refractivity contribution in [2.45, 2.75) is 45.0 Å². The van der Waals surface area contributed by atoms with Crippen LogP contribution in [0.4, 0.5) is 0 Å². The van der Waals surface area contributed by atoms with E-state index in [0.717, 1.165) is 18.2 Å². The first-order valence-electron chi connectivity index (χ1n) is 4.89. The summed E-state index contributed by atoms with van der Waals surface area (Å²) in [5, 5.41) is 0. The van der Waals surface area contributed by atoms with Gasteiger partial charge in [-0.15, -0.1) is 11.6 Å². The molecule has 2 rings (SSSR count). The minimum Gasteiger partial charge on any atom is -0.332 e. The van der Waals surface area contributed by atoms with E-state index in [1.54, 1.807) is 0 Å². The van der Waals surface area contributed by atoms with Crippen LogP contribution in [0.15, 0.2) is 0 Å². The molecule has 0 atom stereocenters. The molecule has 1 heterocycles. The molecule has 0 saturated heterocycles. The van der Waals surface area contributed by atoms with E-state index in [0.29, 0.717) is 5.88 Å². The summed E-state index contributed by atoms with van der Waals surface area (Å²) in [7, 11) is 0. The van der Waals surface area contributed by atoms with Crippen molar-refractivity contribution in [3.63, 3.8) is 0 Å². The lowest BCUT2D eigenvalue weighted by molar-refractivity contribution is 0.682. The van der Waals surface area contributed by atoms with Gasteiger partial charge in [0.2, 0.25) is 0 Å². The average Bonchev–Trinajstić information content (AvgIpc) is 2.91. The molecule has 3 heteroatoms. The number of aromatic nitrogens is 2. The molecular weight excluding hydrogens is 184 g/mol. The SMILES string of the molecule is CCn1c(C2CC2)nc(CCl)c1C. The molecule has 2 nitrogen and oxygen atoms in total. The highest BCUT2D eigenvalue weighted by Crippen LogP contribution is 2.40. The van der Waals surface area contributed by atoms with Crippen LogP contribution in [0.3, 0.4) is 0 Å². The summed E-state index contributed by atoms with van der Waals surface area (Å²) in [6, 6.07) is 0. The Morgan fingerprint density at radius 3 is 2.69 bits per heavy atom. The molecule has 1 aromatic heterocycles. The van der Waals surface area contributed by atoms with Crippen molar-refractivity contribution < 1.29 is 0 Å². The van der Waals surface area contributed by atoms with E-state index in [4.69, 9.17) is 11.6 Å². The second-order valence-corrected chi connectivity index (χ2v) is 3.92. The number of halogens is 1. The van der Waals surface area contributed by atoms with Gasteiger partial charge in [-0.25, -0.2) is 4.98 Å². The van der Waals surface area contributed by atoms with Crippen LogP contribution in [0.2, 0.25) is 0 Å². The lowest BCUT2D eigenvalue weighted by Gasteiger charge is -2.04. The van der Waals surface area contributed by atoms with Crippen molar-refractivity contribution in [1.29, 1.82) is 0 Å². The number of imidazole rings is 1. The number of rotatable bonds is 3. The van der Waals surface area contributed by atoms with Crippen molar-refractivity contribution in [3.05, 3.63) is 17.2 Å². The molecule has 0 unspecified atom stereocenters. The van der Waals surface area contributed by atoms with E-state index in [2.05, 4.69) is 23.4 Å². The van der Waals surface area contributed by atoms with Crippen LogP contribution in [0, 0.1) is 6.92 Å². The lowest BCUT2D eigenvalue weighted by atomic mass is 10.3. The van der Waals surface area contributed by atoms with Gasteiger partial charge in [-0.05, 0) is 26.7 Å². The Labute approximate surface area is 83.9 Å². The van der Waals surface area contributed by atoms with Gasteiger partial charge in [-0.2, -0.15) is 0 Å². The maximum Gasteiger partial charge on any atom is 0.112 e. The second-order valence-electron chi connectivity index (χ2n) is 3.65. The first kappa shape index (κ1) is 9.07. The zero-order chi connectivity index (χ0) is 9.42. The molecule has 0 N–H and O–H groups in total. The predicted octanol–water partition coefficient (Wildman–Crippen LogP) is 2.83. The summed E-state index contributed by atoms with van der Waals surface area (Å²) in [6.45, 7) is 5.29. The second kappa shape index (κ2) is 3.33. The third kappa shape index (κ3) is 1.48. The van der Waals surface area contributed by atoms with Crippen LogP contribution in [0.25, 0.3) is 0 Å². The molecule has 72 valence electrons. The van der Waals surface area contributed by atoms with Crippen LogP contribution in [0.1, 0.15) is 42.9 Å². The van der Waals surface area contributed by atoms with Gasteiger partial charge in [0.05, 0.1) is 11.6 Å². The molecule has 1 aliphatic rings. The fourth-order valence-corrected chi connectivity index (χ4v) is 2.04. The van der Waals surface area contributed by atoms with Crippen molar-refractivity contribution in [2.24, 2.45) is 0 Å². The van der Waals surface area contributed by atoms with Crippen molar-refractivity contribution in [1.82, 2.24) is 9.55 Å². The highest BCUT2D eigenvalue weighted by molar-refractivity contribution is 6.16. The topological polar surface area (TPSA) is 17.8 Å². The Balaban J connectivity index is 2.42. The van der Waals surface area contributed by atoms with Crippen molar-refractivity contribution >= 4 is 11.6 Å². The average molecular weight is 199 g/mol. The first-order valence-corrected chi connectivity index (χ1v) is 5.43. The number of hydrogen-bond donors (Lipinski definition) is 0. The molecule has 1 aromatic rings. The third-order valence-electron chi connectivity index (χ3n) is 2.73. The monoisotopic (exact) mass is 198 g/mol. The zero-order valence-electron chi connectivity index (χ0n) is 8.18. The highest BCUT2D eigenvalue weighted by Gasteiger charge is 2.29. The number of hydrogen-bond acceptors (Lipinski definition) is 1. The fraction of sp³-hybridized carbons (Fsp3) is 0.700. The Morgan fingerprint density at radius 2 is 2.23 bits per heavy atom. The molecule has 1 saturated carbocycles. The van der Waals surface area contributed by atoms with E-state index in [1.165, 1.54) is 24.4 Å². The number of nitrogens with zero attached hydrogens (tertiary/aromatic N) is 2. The Morgan fingerprint density at radius 1 is 1.54 bits per heavy atom. The summed E-state index contributed by atoms with van der Waals surface area (Å²) in [5.41, 5.74) is 2.31. The molecule has 0 aliphatic heterocycles. The standard InChI is InChI=1S/C10H15ClN2/c1-3-13-7(2)9(6-11)12-10(13)8-4-5-8/h8H,3-6H2,1-2H3. The summed E-state index contributed by atoms with van der Waals surface area (Å²) in [5.74, 6) is 2.52. The zero-order valence-corrected chi connectivity index (χ0v) is 8.93. The summed E-state index contributed by atoms with van der Waals surface area (Å²) < 4.78 is 2.30. The normalized spacial score (nSPS) is 16.5. The molecule has 1 aliphatic carbocycles. The molecule has 0 bridgehead atoms. The van der Waals surface area contributed by atoms with E-state index in [-0.39, 0.29) is 0 Å². The van der Waals surface area contributed by atoms with Gasteiger partial charge in [0.15, 0.2) is 0 Å². The van der Waals surface area contributed by atoms with E-state index < -0.39 is 0 Å². The fourth-order valence-electron chi connectivity index (χ4n) is 1.79. The highest BCUT2D eigenvalue weighted by atomic mass is 35.5. The van der Waals surface area contributed by atoms with Crippen molar-refractivity contribution in [3.8, 4) is 0 Å². The summed E-state index contributed by atoms with van der Waals surface area (Å²) in [4.78, 5) is 4.59. The van der Waals surface area contributed by atoms with Gasteiger partial charge < -0.3 is 4.57 Å². The Bertz CT molecular complexity index is 313. The predicted molar refractivity (Wildman–Crippen MR) is 54.2 cm³/mol. The quantitative estimate of drug-likeness (QED) is 0.683. The van der Waals surface area contributed by atoms with Gasteiger partial charge in [0, 0.05) is 18.2 Å². The maximum atomic E-state index is 5.82. The van der Waals surface area contributed by atoms with Crippen LogP contribution < -0.4 is 0 Å². The molecule has 0 spiro atoms. The Kier molecular flexibility index (Phi) is 2.33. The minimum atomic E-state index is 0.540. The smallest absolute Gasteiger partial charge is 0.112 e. The van der Waals surface area contributed by atoms with E-state index in [9.17, 15) is 0 Å². The molecule has 0 radical (unpaired) electrons. The third-order valence-corrected chi connectivity index (χ3v) is 2.99. The molecule has 0 amide bonds. The largest absolute Gasteiger partial charge is 0.332 e. The number of alkyl halides is 1. The molecular formula is C10H15ClN2. The Hall–Kier alpha value is -0.500. The first-order chi connectivity index (χ1) is 6.27.